The molecule has 26 heavy (non-hydrogen) atoms. The van der Waals surface area contributed by atoms with E-state index in [-0.39, 0.29) is 11.3 Å². The van der Waals surface area contributed by atoms with Crippen LogP contribution in [0, 0.1) is 11.3 Å². The van der Waals surface area contributed by atoms with Crippen LogP contribution >= 0.6 is 11.3 Å². The average Bonchev–Trinajstić information content (AvgIpc) is 3.31. The number of ether oxygens (including phenoxy) is 1. The van der Waals surface area contributed by atoms with Gasteiger partial charge in [-0.3, -0.25) is 10.2 Å². The topological polar surface area (TPSA) is 53.4 Å². The zero-order chi connectivity index (χ0) is 18.3. The van der Waals surface area contributed by atoms with Gasteiger partial charge >= 0.3 is 0 Å². The molecule has 2 aromatic rings. The third kappa shape index (κ3) is 3.40. The summed E-state index contributed by atoms with van der Waals surface area (Å²) >= 11 is 1.68. The molecule has 2 heterocycles. The monoisotopic (exact) mass is 368 g/mol. The van der Waals surface area contributed by atoms with E-state index in [1.807, 2.05) is 12.1 Å². The maximum absolute atomic E-state index is 12.2. The molecular weight excluding hydrogens is 344 g/mol. The van der Waals surface area contributed by atoms with E-state index in [2.05, 4.69) is 30.5 Å². The number of hydrogen-bond acceptors (Lipinski definition) is 4. The number of hydrogen-bond donors (Lipinski definition) is 1. The lowest BCUT2D eigenvalue weighted by atomic mass is 9.78. The van der Waals surface area contributed by atoms with Gasteiger partial charge in [-0.1, -0.05) is 19.1 Å². The van der Waals surface area contributed by atoms with E-state index in [1.54, 1.807) is 18.4 Å². The Morgan fingerprint density at radius 3 is 2.81 bits per heavy atom. The predicted molar refractivity (Wildman–Crippen MR) is 105 cm³/mol. The number of nitrogens with one attached hydrogen (secondary N) is 1. The number of carbonyl (C=O) groups excluding carboxylic acids is 1. The van der Waals surface area contributed by atoms with Gasteiger partial charge in [-0.15, -0.1) is 11.3 Å². The van der Waals surface area contributed by atoms with Crippen molar-refractivity contribution < 1.29 is 9.53 Å². The largest absolute Gasteiger partial charge is 0.493 e. The minimum Gasteiger partial charge on any atom is -0.493 e. The lowest BCUT2D eigenvalue weighted by Crippen LogP contribution is -2.46. The summed E-state index contributed by atoms with van der Waals surface area (Å²) in [5.41, 5.74) is 2.00. The summed E-state index contributed by atoms with van der Waals surface area (Å²) in [5, 5.41) is 10.3. The molecule has 4 nitrogen and oxygen atoms in total. The molecule has 0 radical (unpaired) electrons. The maximum atomic E-state index is 12.2. The van der Waals surface area contributed by atoms with Crippen LogP contribution in [-0.2, 0) is 10.2 Å². The quantitative estimate of drug-likeness (QED) is 0.832. The second kappa shape index (κ2) is 6.54. The molecule has 2 fully saturated rings. The van der Waals surface area contributed by atoms with Crippen molar-refractivity contribution in [2.45, 2.75) is 38.0 Å². The molecule has 1 aliphatic heterocycles. The van der Waals surface area contributed by atoms with Gasteiger partial charge in [0.2, 0.25) is 5.91 Å². The fourth-order valence-corrected chi connectivity index (χ4v) is 4.48. The number of likely N-dealkylation sites (tertiary alicyclic amines) is 1. The standard InChI is InChI=1S/C21H24N2O2S/c1-21(10-19(22)23(2)20(24)11-21)18-9-16(13-26-18)15-4-3-5-17(8-15)25-12-14-6-7-14/h3-5,8-9,13-14,22H,6-7,10-12H2,1-2H3/t21-/m0/s1. The van der Waals surface area contributed by atoms with Crippen LogP contribution in [0.2, 0.25) is 0 Å². The molecule has 0 bridgehead atoms. The van der Waals surface area contributed by atoms with Gasteiger partial charge in [0.1, 0.15) is 11.6 Å². The normalized spacial score (nSPS) is 23.4. The summed E-state index contributed by atoms with van der Waals surface area (Å²) in [6.07, 6.45) is 3.63. The summed E-state index contributed by atoms with van der Waals surface area (Å²) in [6, 6.07) is 10.4. The Morgan fingerprint density at radius 1 is 1.27 bits per heavy atom. The van der Waals surface area contributed by atoms with Crippen molar-refractivity contribution >= 4 is 23.1 Å². The molecule has 0 spiro atoms. The van der Waals surface area contributed by atoms with Gasteiger partial charge < -0.3 is 9.64 Å². The van der Waals surface area contributed by atoms with E-state index in [9.17, 15) is 4.79 Å². The van der Waals surface area contributed by atoms with Crippen LogP contribution in [0.5, 0.6) is 5.75 Å². The van der Waals surface area contributed by atoms with Crippen LogP contribution in [0.1, 0.15) is 37.5 Å². The molecule has 1 saturated heterocycles. The number of amides is 1. The Bertz CT molecular complexity index is 835. The average molecular weight is 369 g/mol. The van der Waals surface area contributed by atoms with E-state index < -0.39 is 0 Å². The van der Waals surface area contributed by atoms with Crippen LogP contribution in [0.25, 0.3) is 11.1 Å². The molecule has 1 aromatic carbocycles. The van der Waals surface area contributed by atoms with Crippen molar-refractivity contribution in [3.63, 3.8) is 0 Å². The Kier molecular flexibility index (Phi) is 4.35. The Labute approximate surface area is 158 Å². The maximum Gasteiger partial charge on any atom is 0.228 e. The van der Waals surface area contributed by atoms with Gasteiger partial charge in [-0.05, 0) is 53.5 Å². The molecule has 5 heteroatoms. The predicted octanol–water partition coefficient (Wildman–Crippen LogP) is 4.69. The molecule has 1 aromatic heterocycles. The van der Waals surface area contributed by atoms with Crippen LogP contribution in [0.3, 0.4) is 0 Å². The van der Waals surface area contributed by atoms with Crippen LogP contribution in [0.15, 0.2) is 35.7 Å². The van der Waals surface area contributed by atoms with E-state index in [4.69, 9.17) is 10.1 Å². The van der Waals surface area contributed by atoms with Crippen LogP contribution in [-0.4, -0.2) is 30.3 Å². The highest BCUT2D eigenvalue weighted by atomic mass is 32.1. The fraction of sp³-hybridized carbons (Fsp3) is 0.429. The van der Waals surface area contributed by atoms with Crippen LogP contribution < -0.4 is 4.74 Å². The zero-order valence-corrected chi connectivity index (χ0v) is 16.1. The third-order valence-electron chi connectivity index (χ3n) is 5.42. The number of amidine groups is 1. The summed E-state index contributed by atoms with van der Waals surface area (Å²) in [5.74, 6) is 2.08. The smallest absolute Gasteiger partial charge is 0.228 e. The van der Waals surface area contributed by atoms with Crippen molar-refractivity contribution in [3.8, 4) is 16.9 Å². The number of nitrogens with zero attached hydrogens (tertiary/aromatic N) is 1. The minimum absolute atomic E-state index is 0.0224. The second-order valence-electron chi connectivity index (χ2n) is 7.80. The fourth-order valence-electron chi connectivity index (χ4n) is 3.40. The molecule has 0 unspecified atom stereocenters. The molecule has 1 aliphatic carbocycles. The van der Waals surface area contributed by atoms with Gasteiger partial charge in [-0.2, -0.15) is 0 Å². The summed E-state index contributed by atoms with van der Waals surface area (Å²) in [6.45, 7) is 2.91. The highest BCUT2D eigenvalue weighted by Gasteiger charge is 2.39. The first-order valence-electron chi connectivity index (χ1n) is 9.11. The Hall–Kier alpha value is -2.14. The van der Waals surface area contributed by atoms with E-state index in [0.29, 0.717) is 18.7 Å². The SMILES string of the molecule is CN1C(=N)C[C@](C)(c2cc(-c3cccc(OCC4CC4)c3)cs2)CC1=O. The van der Waals surface area contributed by atoms with E-state index in [0.717, 1.165) is 29.4 Å². The minimum atomic E-state index is -0.288. The zero-order valence-electron chi connectivity index (χ0n) is 15.2. The highest BCUT2D eigenvalue weighted by Crippen LogP contribution is 2.41. The molecule has 1 saturated carbocycles. The van der Waals surface area contributed by atoms with Gasteiger partial charge in [0, 0.05) is 30.2 Å². The van der Waals surface area contributed by atoms with Crippen molar-refractivity contribution in [3.05, 3.63) is 40.6 Å². The van der Waals surface area contributed by atoms with Gasteiger partial charge in [0.25, 0.3) is 0 Å². The highest BCUT2D eigenvalue weighted by molar-refractivity contribution is 7.10. The van der Waals surface area contributed by atoms with Crippen molar-refractivity contribution in [1.29, 1.82) is 5.41 Å². The summed E-state index contributed by atoms with van der Waals surface area (Å²) < 4.78 is 5.90. The van der Waals surface area contributed by atoms with Crippen molar-refractivity contribution in [2.24, 2.45) is 5.92 Å². The van der Waals surface area contributed by atoms with Crippen LogP contribution in [0.4, 0.5) is 0 Å². The molecule has 1 atom stereocenters. The lowest BCUT2D eigenvalue weighted by molar-refractivity contribution is -0.128. The second-order valence-corrected chi connectivity index (χ2v) is 8.71. The molecule has 136 valence electrons. The van der Waals surface area contributed by atoms with Crippen molar-refractivity contribution in [1.82, 2.24) is 4.90 Å². The Balaban J connectivity index is 1.55. The number of benzene rings is 1. The first-order chi connectivity index (χ1) is 12.4. The first kappa shape index (κ1) is 17.3. The van der Waals surface area contributed by atoms with Gasteiger partial charge in [0.15, 0.2) is 0 Å². The van der Waals surface area contributed by atoms with Crippen molar-refractivity contribution in [2.75, 3.05) is 13.7 Å². The van der Waals surface area contributed by atoms with E-state index >= 15 is 0 Å². The molecule has 1 N–H and O–H groups in total. The number of piperidine rings is 1. The first-order valence-corrected chi connectivity index (χ1v) is 9.99. The molecule has 2 aliphatic rings. The number of thiophene rings is 1. The van der Waals surface area contributed by atoms with E-state index in [1.165, 1.54) is 22.6 Å². The summed E-state index contributed by atoms with van der Waals surface area (Å²) in [4.78, 5) is 14.9. The Morgan fingerprint density at radius 2 is 2.08 bits per heavy atom. The number of carbonyl (C=O) groups is 1. The summed E-state index contributed by atoms with van der Waals surface area (Å²) in [7, 11) is 1.69. The molecule has 4 rings (SSSR count). The van der Waals surface area contributed by atoms with Gasteiger partial charge in [0.05, 0.1) is 6.61 Å². The molecular formula is C21H24N2O2S. The number of rotatable bonds is 5. The lowest BCUT2D eigenvalue weighted by Gasteiger charge is -2.36. The molecule has 1 amide bonds. The van der Waals surface area contributed by atoms with Gasteiger partial charge in [-0.25, -0.2) is 0 Å². The third-order valence-corrected chi connectivity index (χ3v) is 6.66.